The van der Waals surface area contributed by atoms with Gasteiger partial charge in [-0.3, -0.25) is 4.79 Å². The number of H-pyrrole nitrogens is 1. The fraction of sp³-hybridized carbons (Fsp3) is 0.417. The van der Waals surface area contributed by atoms with E-state index in [2.05, 4.69) is 15.3 Å². The number of para-hydroxylation sites is 1. The predicted molar refractivity (Wildman–Crippen MR) is 124 cm³/mol. The topological polar surface area (TPSA) is 90.5 Å². The van der Waals surface area contributed by atoms with Crippen LogP contribution in [0.4, 0.5) is 5.69 Å². The Morgan fingerprint density at radius 1 is 1.31 bits per heavy atom. The molecule has 1 aliphatic heterocycles. The number of methoxy groups -OCH3 is 1. The molecule has 1 saturated carbocycles. The van der Waals surface area contributed by atoms with Gasteiger partial charge in [0, 0.05) is 42.2 Å². The van der Waals surface area contributed by atoms with Crippen LogP contribution in [-0.2, 0) is 11.2 Å². The molecule has 3 N–H and O–H groups in total. The number of benzene rings is 1. The molecular formula is C24H28N4O3S. The molecule has 2 aromatic heterocycles. The van der Waals surface area contributed by atoms with Crippen LogP contribution in [-0.4, -0.2) is 45.1 Å². The van der Waals surface area contributed by atoms with Crippen LogP contribution in [0.5, 0.6) is 11.6 Å². The van der Waals surface area contributed by atoms with Gasteiger partial charge < -0.3 is 25.0 Å². The van der Waals surface area contributed by atoms with Gasteiger partial charge >= 0.3 is 0 Å². The zero-order chi connectivity index (χ0) is 22.1. The molecule has 1 aromatic carbocycles. The van der Waals surface area contributed by atoms with Crippen molar-refractivity contribution >= 4 is 22.9 Å². The fourth-order valence-corrected chi connectivity index (χ4v) is 5.83. The summed E-state index contributed by atoms with van der Waals surface area (Å²) in [7, 11) is 1.64. The molecule has 0 saturated heterocycles. The predicted octanol–water partition coefficient (Wildman–Crippen LogP) is 4.47. The van der Waals surface area contributed by atoms with E-state index in [1.54, 1.807) is 24.6 Å². The van der Waals surface area contributed by atoms with Gasteiger partial charge in [0.15, 0.2) is 5.88 Å². The van der Waals surface area contributed by atoms with Gasteiger partial charge in [0.2, 0.25) is 5.91 Å². The number of aromatic amines is 1. The quantitative estimate of drug-likeness (QED) is 0.531. The van der Waals surface area contributed by atoms with E-state index in [-0.39, 0.29) is 23.9 Å². The number of hydrogen-bond acceptors (Lipinski definition) is 6. The summed E-state index contributed by atoms with van der Waals surface area (Å²) in [6, 6.07) is 7.51. The summed E-state index contributed by atoms with van der Waals surface area (Å²) in [5.74, 6) is 0.860. The molecule has 1 fully saturated rings. The average molecular weight is 453 g/mol. The number of anilines is 1. The number of nitrogens with zero attached hydrogens (tertiary/aromatic N) is 2. The molecule has 8 heteroatoms. The number of aromatic nitrogens is 2. The minimum Gasteiger partial charge on any atom is -0.496 e. The van der Waals surface area contributed by atoms with Crippen LogP contribution in [0, 0.1) is 0 Å². The molecule has 3 atom stereocenters. The molecular weight excluding hydrogens is 424 g/mol. The molecule has 3 heterocycles. The number of rotatable bonds is 5. The Morgan fingerprint density at radius 3 is 2.97 bits per heavy atom. The second kappa shape index (κ2) is 8.86. The van der Waals surface area contributed by atoms with Crippen molar-refractivity contribution in [3.8, 4) is 11.6 Å². The highest BCUT2D eigenvalue weighted by atomic mass is 32.1. The molecule has 1 amide bonds. The van der Waals surface area contributed by atoms with E-state index >= 15 is 0 Å². The summed E-state index contributed by atoms with van der Waals surface area (Å²) in [6.45, 7) is 0. The fourth-order valence-electron chi connectivity index (χ4n) is 5.21. The van der Waals surface area contributed by atoms with Crippen molar-refractivity contribution in [2.24, 2.45) is 0 Å². The van der Waals surface area contributed by atoms with Crippen molar-refractivity contribution in [2.75, 3.05) is 12.4 Å². The third-order valence-corrected chi connectivity index (χ3v) is 7.47. The van der Waals surface area contributed by atoms with Crippen molar-refractivity contribution < 1.29 is 14.6 Å². The minimum absolute atomic E-state index is 0.0363. The van der Waals surface area contributed by atoms with E-state index in [0.29, 0.717) is 24.2 Å². The number of nitrogens with one attached hydrogen (secondary N) is 2. The Bertz CT molecular complexity index is 1080. The highest BCUT2D eigenvalue weighted by Crippen LogP contribution is 2.47. The Kier molecular flexibility index (Phi) is 5.78. The monoisotopic (exact) mass is 452 g/mol. The third kappa shape index (κ3) is 3.72. The summed E-state index contributed by atoms with van der Waals surface area (Å²) in [5, 5.41) is 17.4. The van der Waals surface area contributed by atoms with Gasteiger partial charge in [-0.05, 0) is 18.9 Å². The van der Waals surface area contributed by atoms with Gasteiger partial charge in [0.05, 0.1) is 35.5 Å². The zero-order valence-corrected chi connectivity index (χ0v) is 18.9. The molecule has 7 nitrogen and oxygen atoms in total. The van der Waals surface area contributed by atoms with E-state index < -0.39 is 6.04 Å². The molecule has 1 aliphatic carbocycles. The lowest BCUT2D eigenvalue weighted by molar-refractivity contribution is -0.136. The number of aryl methyl sites for hydroxylation is 1. The number of carbonyl (C=O) groups is 1. The lowest BCUT2D eigenvalue weighted by Gasteiger charge is -2.42. The van der Waals surface area contributed by atoms with Gasteiger partial charge in [0.25, 0.3) is 0 Å². The van der Waals surface area contributed by atoms with Gasteiger partial charge in [-0.25, -0.2) is 4.98 Å². The SMILES string of the molecule is COc1ccccc1[C@@H]1c2c(c[nH]c2O)N[C@@H]2CCCC[C@H]2N1C(=O)CCc1nccs1. The number of carbonyl (C=O) groups excluding carboxylic acids is 1. The first kappa shape index (κ1) is 20.9. The van der Waals surface area contributed by atoms with Crippen LogP contribution >= 0.6 is 11.3 Å². The molecule has 3 aromatic rings. The van der Waals surface area contributed by atoms with Gasteiger partial charge in [-0.2, -0.15) is 0 Å². The van der Waals surface area contributed by atoms with Crippen molar-refractivity contribution in [1.29, 1.82) is 0 Å². The maximum atomic E-state index is 13.9. The summed E-state index contributed by atoms with van der Waals surface area (Å²) >= 11 is 1.57. The van der Waals surface area contributed by atoms with Crippen LogP contribution < -0.4 is 10.1 Å². The van der Waals surface area contributed by atoms with Gasteiger partial charge in [-0.1, -0.05) is 31.0 Å². The average Bonchev–Trinajstić information content (AvgIpc) is 3.43. The lowest BCUT2D eigenvalue weighted by Crippen LogP contribution is -2.51. The van der Waals surface area contributed by atoms with Gasteiger partial charge in [0.1, 0.15) is 5.75 Å². The summed E-state index contributed by atoms with van der Waals surface area (Å²) in [4.78, 5) is 23.2. The molecule has 168 valence electrons. The molecule has 0 bridgehead atoms. The largest absolute Gasteiger partial charge is 0.496 e. The number of aromatic hydroxyl groups is 1. The first-order valence-corrected chi connectivity index (χ1v) is 12.0. The Morgan fingerprint density at radius 2 is 2.16 bits per heavy atom. The normalized spacial score (nSPS) is 22.4. The van der Waals surface area contributed by atoms with Crippen molar-refractivity contribution in [3.63, 3.8) is 0 Å². The molecule has 0 radical (unpaired) electrons. The molecule has 32 heavy (non-hydrogen) atoms. The highest BCUT2D eigenvalue weighted by molar-refractivity contribution is 7.09. The Hall–Kier alpha value is -3.00. The smallest absolute Gasteiger partial charge is 0.224 e. The van der Waals surface area contributed by atoms with E-state index in [0.717, 1.165) is 41.9 Å². The second-order valence-corrected chi connectivity index (χ2v) is 9.42. The highest BCUT2D eigenvalue weighted by Gasteiger charge is 2.44. The number of amides is 1. The lowest BCUT2D eigenvalue weighted by atomic mass is 9.87. The number of hydrogen-bond donors (Lipinski definition) is 3. The van der Waals surface area contributed by atoms with Crippen molar-refractivity contribution in [1.82, 2.24) is 14.9 Å². The number of thiazole rings is 1. The maximum absolute atomic E-state index is 13.9. The molecule has 0 unspecified atom stereocenters. The van der Waals surface area contributed by atoms with Crippen LogP contribution in [0.3, 0.4) is 0 Å². The standard InChI is InChI=1S/C24H28N4O3S/c1-31-19-9-5-2-6-15(19)23-22-17(14-26-24(22)30)27-16-7-3-4-8-18(16)28(23)21(29)11-10-20-25-12-13-32-20/h2,5-6,9,12-14,16,18,23,26-27,30H,3-4,7-8,10-11H2,1H3/t16-,18-,23-/m1/s1. The minimum atomic E-state index is -0.447. The van der Waals surface area contributed by atoms with Crippen LogP contribution in [0.25, 0.3) is 0 Å². The zero-order valence-electron chi connectivity index (χ0n) is 18.1. The van der Waals surface area contributed by atoms with Gasteiger partial charge in [-0.15, -0.1) is 11.3 Å². The summed E-state index contributed by atoms with van der Waals surface area (Å²) in [6.07, 6.45) is 8.71. The van der Waals surface area contributed by atoms with E-state index in [4.69, 9.17) is 4.74 Å². The number of fused-ring (bicyclic) bond motifs is 2. The maximum Gasteiger partial charge on any atom is 0.224 e. The second-order valence-electron chi connectivity index (χ2n) is 8.44. The van der Waals surface area contributed by atoms with Crippen molar-refractivity contribution in [2.45, 2.75) is 56.7 Å². The summed E-state index contributed by atoms with van der Waals surface area (Å²) in [5.41, 5.74) is 2.43. The molecule has 2 aliphatic rings. The first-order valence-electron chi connectivity index (χ1n) is 11.2. The van der Waals surface area contributed by atoms with E-state index in [9.17, 15) is 9.90 Å². The number of ether oxygens (including phenoxy) is 1. The van der Waals surface area contributed by atoms with Crippen LogP contribution in [0.2, 0.25) is 0 Å². The first-order chi connectivity index (χ1) is 15.7. The van der Waals surface area contributed by atoms with E-state index in [1.165, 1.54) is 0 Å². The Balaban J connectivity index is 1.62. The third-order valence-electron chi connectivity index (χ3n) is 6.64. The molecule has 0 spiro atoms. The summed E-state index contributed by atoms with van der Waals surface area (Å²) < 4.78 is 5.70. The van der Waals surface area contributed by atoms with Crippen LogP contribution in [0.15, 0.2) is 42.0 Å². The Labute approximate surface area is 191 Å². The van der Waals surface area contributed by atoms with Crippen LogP contribution in [0.1, 0.15) is 54.3 Å². The van der Waals surface area contributed by atoms with Crippen molar-refractivity contribution in [3.05, 3.63) is 58.2 Å². The van der Waals surface area contributed by atoms with E-state index in [1.807, 2.05) is 40.7 Å². The molecule has 5 rings (SSSR count).